The van der Waals surface area contributed by atoms with E-state index in [1.807, 2.05) is 12.3 Å². The fraction of sp³-hybridized carbons (Fsp3) is 0.333. The number of hydrogen-bond donors (Lipinski definition) is 0. The molecule has 1 rings (SSSR count). The Hall–Kier alpha value is -0.350. The van der Waals surface area contributed by atoms with Crippen LogP contribution >= 0.6 is 27.7 Å². The van der Waals surface area contributed by atoms with E-state index in [4.69, 9.17) is 0 Å². The second-order valence-electron chi connectivity index (χ2n) is 2.66. The molecule has 1 aromatic rings. The number of aromatic nitrogens is 1. The Morgan fingerprint density at radius 3 is 3.00 bits per heavy atom. The summed E-state index contributed by atoms with van der Waals surface area (Å²) in [6, 6.07) is 1.92. The largest absolute Gasteiger partial charge is 0.298 e. The standard InChI is InChI=1S/C9H10BrNOS/c1-13-6-9(12)3-7-2-8(10)5-11-4-7/h2,4-5H,3,6H2,1H3. The number of carbonyl (C=O) groups is 1. The van der Waals surface area contributed by atoms with Crippen molar-refractivity contribution in [3.8, 4) is 0 Å². The molecule has 0 amide bonds. The van der Waals surface area contributed by atoms with Crippen LogP contribution in [0.25, 0.3) is 0 Å². The van der Waals surface area contributed by atoms with Crippen molar-refractivity contribution in [2.45, 2.75) is 6.42 Å². The minimum Gasteiger partial charge on any atom is -0.298 e. The lowest BCUT2D eigenvalue weighted by atomic mass is 10.2. The molecular weight excluding hydrogens is 250 g/mol. The van der Waals surface area contributed by atoms with Crippen LogP contribution in [0.5, 0.6) is 0 Å². The summed E-state index contributed by atoms with van der Waals surface area (Å²) in [5, 5.41) is 0. The Kier molecular flexibility index (Phi) is 4.45. The zero-order valence-electron chi connectivity index (χ0n) is 7.29. The normalized spacial score (nSPS) is 10.0. The summed E-state index contributed by atoms with van der Waals surface area (Å²) in [5.74, 6) is 0.819. The van der Waals surface area contributed by atoms with Gasteiger partial charge in [0, 0.05) is 23.3 Å². The minimum atomic E-state index is 0.243. The Morgan fingerprint density at radius 1 is 1.62 bits per heavy atom. The molecule has 0 aliphatic rings. The van der Waals surface area contributed by atoms with Crippen LogP contribution in [0.4, 0.5) is 0 Å². The van der Waals surface area contributed by atoms with Gasteiger partial charge in [-0.1, -0.05) is 0 Å². The first-order valence-electron chi connectivity index (χ1n) is 3.82. The van der Waals surface area contributed by atoms with Crippen LogP contribution in [-0.4, -0.2) is 22.8 Å². The van der Waals surface area contributed by atoms with E-state index in [2.05, 4.69) is 20.9 Å². The zero-order valence-corrected chi connectivity index (χ0v) is 9.69. The average molecular weight is 260 g/mol. The highest BCUT2D eigenvalue weighted by Gasteiger charge is 2.02. The fourth-order valence-electron chi connectivity index (χ4n) is 0.992. The molecule has 0 saturated carbocycles. The first-order valence-corrected chi connectivity index (χ1v) is 6.01. The lowest BCUT2D eigenvalue weighted by molar-refractivity contribution is -0.116. The Balaban J connectivity index is 2.58. The van der Waals surface area contributed by atoms with Gasteiger partial charge in [0.1, 0.15) is 5.78 Å². The van der Waals surface area contributed by atoms with Crippen LogP contribution in [0.1, 0.15) is 5.56 Å². The van der Waals surface area contributed by atoms with Crippen molar-refractivity contribution in [3.63, 3.8) is 0 Å². The molecule has 1 heterocycles. The molecule has 0 radical (unpaired) electrons. The molecule has 0 unspecified atom stereocenters. The molecule has 0 aromatic carbocycles. The quantitative estimate of drug-likeness (QED) is 0.832. The van der Waals surface area contributed by atoms with Crippen molar-refractivity contribution < 1.29 is 4.79 Å². The van der Waals surface area contributed by atoms with Gasteiger partial charge in [-0.3, -0.25) is 9.78 Å². The monoisotopic (exact) mass is 259 g/mol. The van der Waals surface area contributed by atoms with Crippen molar-refractivity contribution in [2.75, 3.05) is 12.0 Å². The lowest BCUT2D eigenvalue weighted by Gasteiger charge is -1.99. The summed E-state index contributed by atoms with van der Waals surface area (Å²) in [5.41, 5.74) is 0.966. The number of rotatable bonds is 4. The first-order chi connectivity index (χ1) is 6.22. The summed E-state index contributed by atoms with van der Waals surface area (Å²) in [6.45, 7) is 0. The third-order valence-corrected chi connectivity index (χ3v) is 2.51. The van der Waals surface area contributed by atoms with Crippen LogP contribution in [0.2, 0.25) is 0 Å². The van der Waals surface area contributed by atoms with Crippen molar-refractivity contribution in [2.24, 2.45) is 0 Å². The predicted octanol–water partition coefficient (Wildman–Crippen LogP) is 2.32. The van der Waals surface area contributed by atoms with Gasteiger partial charge in [0.2, 0.25) is 0 Å². The Bertz CT molecular complexity index is 303. The molecule has 0 aliphatic carbocycles. The summed E-state index contributed by atoms with van der Waals surface area (Å²) in [4.78, 5) is 15.3. The molecule has 0 atom stereocenters. The maximum absolute atomic E-state index is 11.3. The van der Waals surface area contributed by atoms with Gasteiger partial charge in [-0.2, -0.15) is 11.8 Å². The molecule has 4 heteroatoms. The highest BCUT2D eigenvalue weighted by atomic mass is 79.9. The number of pyridine rings is 1. The number of hydrogen-bond acceptors (Lipinski definition) is 3. The van der Waals surface area contributed by atoms with Gasteiger partial charge in [0.05, 0.1) is 5.75 Å². The number of Topliss-reactive ketones (excluding diaryl/α,β-unsaturated/α-hetero) is 1. The smallest absolute Gasteiger partial charge is 0.147 e. The molecule has 0 fully saturated rings. The topological polar surface area (TPSA) is 30.0 Å². The van der Waals surface area contributed by atoms with E-state index in [1.165, 1.54) is 0 Å². The number of thioether (sulfide) groups is 1. The van der Waals surface area contributed by atoms with Gasteiger partial charge < -0.3 is 0 Å². The summed E-state index contributed by atoms with van der Waals surface area (Å²) in [6.07, 6.45) is 5.84. The zero-order chi connectivity index (χ0) is 9.68. The minimum absolute atomic E-state index is 0.243. The van der Waals surface area contributed by atoms with Crippen molar-refractivity contribution in [3.05, 3.63) is 28.5 Å². The molecule has 0 bridgehead atoms. The molecule has 13 heavy (non-hydrogen) atoms. The van der Waals surface area contributed by atoms with Gasteiger partial charge in [-0.05, 0) is 33.8 Å². The van der Waals surface area contributed by atoms with Crippen LogP contribution in [0.3, 0.4) is 0 Å². The van der Waals surface area contributed by atoms with Gasteiger partial charge >= 0.3 is 0 Å². The molecule has 2 nitrogen and oxygen atoms in total. The van der Waals surface area contributed by atoms with Gasteiger partial charge in [-0.25, -0.2) is 0 Å². The van der Waals surface area contributed by atoms with E-state index in [-0.39, 0.29) is 5.78 Å². The van der Waals surface area contributed by atoms with Crippen LogP contribution in [0, 0.1) is 0 Å². The van der Waals surface area contributed by atoms with E-state index < -0.39 is 0 Å². The van der Waals surface area contributed by atoms with Crippen molar-refractivity contribution in [1.82, 2.24) is 4.98 Å². The lowest BCUT2D eigenvalue weighted by Crippen LogP contribution is -2.05. The van der Waals surface area contributed by atoms with Crippen molar-refractivity contribution in [1.29, 1.82) is 0 Å². The number of halogens is 1. The SMILES string of the molecule is CSCC(=O)Cc1cncc(Br)c1. The Labute approximate surface area is 90.3 Å². The van der Waals surface area contributed by atoms with Crippen molar-refractivity contribution >= 4 is 33.5 Å². The third kappa shape index (κ3) is 3.91. The van der Waals surface area contributed by atoms with Crippen LogP contribution in [-0.2, 0) is 11.2 Å². The summed E-state index contributed by atoms with van der Waals surface area (Å²) < 4.78 is 0.918. The summed E-state index contributed by atoms with van der Waals surface area (Å²) in [7, 11) is 0. The first kappa shape index (κ1) is 10.7. The van der Waals surface area contributed by atoms with E-state index in [9.17, 15) is 4.79 Å². The molecule has 0 spiro atoms. The molecule has 1 aromatic heterocycles. The summed E-state index contributed by atoms with van der Waals surface area (Å²) >= 11 is 4.86. The average Bonchev–Trinajstić information content (AvgIpc) is 2.04. The van der Waals surface area contributed by atoms with E-state index in [0.717, 1.165) is 10.0 Å². The van der Waals surface area contributed by atoms with Gasteiger partial charge in [-0.15, -0.1) is 0 Å². The number of nitrogens with zero attached hydrogens (tertiary/aromatic N) is 1. The Morgan fingerprint density at radius 2 is 2.38 bits per heavy atom. The fourth-order valence-corrected chi connectivity index (χ4v) is 1.83. The van der Waals surface area contributed by atoms with Crippen LogP contribution < -0.4 is 0 Å². The number of ketones is 1. The van der Waals surface area contributed by atoms with Crippen LogP contribution in [0.15, 0.2) is 22.9 Å². The predicted molar refractivity (Wildman–Crippen MR) is 59.0 cm³/mol. The van der Waals surface area contributed by atoms with Gasteiger partial charge in [0.15, 0.2) is 0 Å². The second kappa shape index (κ2) is 5.40. The highest BCUT2D eigenvalue weighted by molar-refractivity contribution is 9.10. The number of carbonyl (C=O) groups excluding carboxylic acids is 1. The maximum Gasteiger partial charge on any atom is 0.147 e. The third-order valence-electron chi connectivity index (χ3n) is 1.47. The van der Waals surface area contributed by atoms with E-state index in [0.29, 0.717) is 12.2 Å². The molecule has 70 valence electrons. The second-order valence-corrected chi connectivity index (χ2v) is 4.44. The molecule has 0 saturated heterocycles. The van der Waals surface area contributed by atoms with Gasteiger partial charge in [0.25, 0.3) is 0 Å². The molecule has 0 aliphatic heterocycles. The highest BCUT2D eigenvalue weighted by Crippen LogP contribution is 2.10. The van der Waals surface area contributed by atoms with E-state index in [1.54, 1.807) is 24.2 Å². The van der Waals surface area contributed by atoms with E-state index >= 15 is 0 Å². The molecule has 0 N–H and O–H groups in total. The maximum atomic E-state index is 11.3. The molecular formula is C9H10BrNOS.